The monoisotopic (exact) mass is 447 g/mol. The highest BCUT2D eigenvalue weighted by Crippen LogP contribution is 2.27. The van der Waals surface area contributed by atoms with Gasteiger partial charge in [0.25, 0.3) is 5.91 Å². The Labute approximate surface area is 191 Å². The molecule has 1 unspecified atom stereocenters. The molecule has 4 rings (SSSR count). The van der Waals surface area contributed by atoms with Gasteiger partial charge in [-0.05, 0) is 55.8 Å². The molecule has 6 nitrogen and oxygen atoms in total. The van der Waals surface area contributed by atoms with Crippen LogP contribution >= 0.6 is 11.6 Å². The van der Waals surface area contributed by atoms with Crippen molar-refractivity contribution in [2.45, 2.75) is 13.3 Å². The van der Waals surface area contributed by atoms with E-state index in [4.69, 9.17) is 11.6 Å². The lowest BCUT2D eigenvalue weighted by Gasteiger charge is -2.17. The van der Waals surface area contributed by atoms with Crippen LogP contribution in [0.25, 0.3) is 0 Å². The highest BCUT2D eigenvalue weighted by atomic mass is 35.5. The summed E-state index contributed by atoms with van der Waals surface area (Å²) in [5.74, 6) is -1.81. The summed E-state index contributed by atoms with van der Waals surface area (Å²) in [6.07, 6.45) is 0.424. The first kappa shape index (κ1) is 21.6. The summed E-state index contributed by atoms with van der Waals surface area (Å²) in [6.45, 7) is 2.46. The minimum absolute atomic E-state index is 0.229. The van der Waals surface area contributed by atoms with E-state index in [0.29, 0.717) is 24.3 Å². The molecule has 1 aliphatic heterocycles. The Morgan fingerprint density at radius 3 is 2.38 bits per heavy atom. The molecule has 162 valence electrons. The Hall–Kier alpha value is -3.64. The fourth-order valence-electron chi connectivity index (χ4n) is 3.63. The topological polar surface area (TPSA) is 78.5 Å². The predicted molar refractivity (Wildman–Crippen MR) is 126 cm³/mol. The Morgan fingerprint density at radius 2 is 1.66 bits per heavy atom. The van der Waals surface area contributed by atoms with Gasteiger partial charge in [-0.15, -0.1) is 0 Å². The first-order valence-electron chi connectivity index (χ1n) is 10.3. The summed E-state index contributed by atoms with van der Waals surface area (Å²) in [5, 5.41) is 5.79. The van der Waals surface area contributed by atoms with E-state index in [1.807, 2.05) is 49.4 Å². The van der Waals surface area contributed by atoms with Crippen molar-refractivity contribution in [3.8, 4) is 0 Å². The van der Waals surface area contributed by atoms with Crippen molar-refractivity contribution in [2.75, 3.05) is 22.1 Å². The van der Waals surface area contributed by atoms with Gasteiger partial charge in [-0.3, -0.25) is 14.4 Å². The molecule has 3 aromatic rings. The van der Waals surface area contributed by atoms with Crippen molar-refractivity contribution in [1.29, 1.82) is 0 Å². The Bertz CT molecular complexity index is 1160. The van der Waals surface area contributed by atoms with Crippen LogP contribution in [0.1, 0.15) is 22.3 Å². The second-order valence-corrected chi connectivity index (χ2v) is 8.08. The van der Waals surface area contributed by atoms with Crippen molar-refractivity contribution in [2.24, 2.45) is 5.92 Å². The van der Waals surface area contributed by atoms with Gasteiger partial charge in [-0.2, -0.15) is 0 Å². The van der Waals surface area contributed by atoms with Gasteiger partial charge in [0, 0.05) is 23.6 Å². The number of para-hydroxylation sites is 1. The minimum Gasteiger partial charge on any atom is -0.325 e. The summed E-state index contributed by atoms with van der Waals surface area (Å²) in [4.78, 5) is 39.9. The maximum atomic E-state index is 12.8. The molecule has 0 radical (unpaired) electrons. The van der Waals surface area contributed by atoms with E-state index in [1.54, 1.807) is 29.2 Å². The van der Waals surface area contributed by atoms with Gasteiger partial charge in [0.1, 0.15) is 5.92 Å². The van der Waals surface area contributed by atoms with Crippen LogP contribution in [0.5, 0.6) is 0 Å². The van der Waals surface area contributed by atoms with Crippen molar-refractivity contribution in [3.63, 3.8) is 0 Å². The molecule has 0 saturated carbocycles. The summed E-state index contributed by atoms with van der Waals surface area (Å²) in [5.41, 5.74) is 3.15. The van der Waals surface area contributed by atoms with E-state index < -0.39 is 11.8 Å². The highest BCUT2D eigenvalue weighted by molar-refractivity contribution is 6.34. The maximum Gasteiger partial charge on any atom is 0.257 e. The molecule has 0 aliphatic carbocycles. The number of aryl methyl sites for hydroxylation is 1. The highest BCUT2D eigenvalue weighted by Gasteiger charge is 2.37. The van der Waals surface area contributed by atoms with Gasteiger partial charge >= 0.3 is 0 Å². The average Bonchev–Trinajstić information content (AvgIpc) is 3.17. The van der Waals surface area contributed by atoms with Gasteiger partial charge in [0.15, 0.2) is 0 Å². The molecule has 0 spiro atoms. The standard InChI is InChI=1S/C25H22ClN3O3/c1-16-7-10-19(11-8-16)29-14-13-20(25(29)32)23(30)28-18-9-12-22(26)21(15-18)24(31)27-17-5-3-2-4-6-17/h2-12,15,20H,13-14H2,1H3,(H,27,31)(H,28,30). The number of halogens is 1. The first-order chi connectivity index (χ1) is 15.4. The third-order valence-corrected chi connectivity index (χ3v) is 5.71. The molecule has 3 aromatic carbocycles. The van der Waals surface area contributed by atoms with Crippen LogP contribution in [0.3, 0.4) is 0 Å². The van der Waals surface area contributed by atoms with E-state index in [2.05, 4.69) is 10.6 Å². The first-order valence-corrected chi connectivity index (χ1v) is 10.6. The van der Waals surface area contributed by atoms with Crippen LogP contribution in [0.15, 0.2) is 72.8 Å². The van der Waals surface area contributed by atoms with Crippen LogP contribution in [0.2, 0.25) is 5.02 Å². The zero-order valence-corrected chi connectivity index (χ0v) is 18.2. The lowest BCUT2D eigenvalue weighted by atomic mass is 10.1. The molecule has 2 N–H and O–H groups in total. The number of benzene rings is 3. The molecule has 32 heavy (non-hydrogen) atoms. The number of amides is 3. The zero-order valence-electron chi connectivity index (χ0n) is 17.5. The largest absolute Gasteiger partial charge is 0.325 e. The second kappa shape index (κ2) is 9.24. The van der Waals surface area contributed by atoms with Crippen molar-refractivity contribution >= 4 is 46.4 Å². The number of hydrogen-bond acceptors (Lipinski definition) is 3. The fourth-order valence-corrected chi connectivity index (χ4v) is 3.83. The van der Waals surface area contributed by atoms with E-state index in [0.717, 1.165) is 11.3 Å². The maximum absolute atomic E-state index is 12.8. The number of hydrogen-bond donors (Lipinski definition) is 2. The molecule has 3 amide bonds. The molecule has 0 bridgehead atoms. The summed E-state index contributed by atoms with van der Waals surface area (Å²) < 4.78 is 0. The lowest BCUT2D eigenvalue weighted by molar-refractivity contribution is -0.129. The average molecular weight is 448 g/mol. The summed E-state index contributed by atoms with van der Waals surface area (Å²) in [6, 6.07) is 21.3. The molecule has 1 saturated heterocycles. The van der Waals surface area contributed by atoms with Gasteiger partial charge < -0.3 is 15.5 Å². The number of carbonyl (C=O) groups excluding carboxylic acids is 3. The molecule has 1 fully saturated rings. The van der Waals surface area contributed by atoms with Gasteiger partial charge in [0.05, 0.1) is 10.6 Å². The van der Waals surface area contributed by atoms with Gasteiger partial charge in [-0.25, -0.2) is 0 Å². The Morgan fingerprint density at radius 1 is 0.938 bits per heavy atom. The SMILES string of the molecule is Cc1ccc(N2CCC(C(=O)Nc3ccc(Cl)c(C(=O)Nc4ccccc4)c3)C2=O)cc1. The van der Waals surface area contributed by atoms with Crippen LogP contribution in [-0.4, -0.2) is 24.3 Å². The third kappa shape index (κ3) is 4.65. The molecule has 1 heterocycles. The van der Waals surface area contributed by atoms with E-state index in [-0.39, 0.29) is 22.4 Å². The molecule has 0 aromatic heterocycles. The quantitative estimate of drug-likeness (QED) is 0.546. The third-order valence-electron chi connectivity index (χ3n) is 5.38. The van der Waals surface area contributed by atoms with E-state index in [9.17, 15) is 14.4 Å². The van der Waals surface area contributed by atoms with Crippen LogP contribution in [0, 0.1) is 12.8 Å². The number of nitrogens with zero attached hydrogens (tertiary/aromatic N) is 1. The summed E-state index contributed by atoms with van der Waals surface area (Å²) >= 11 is 6.21. The van der Waals surface area contributed by atoms with Crippen molar-refractivity contribution < 1.29 is 14.4 Å². The fraction of sp³-hybridized carbons (Fsp3) is 0.160. The Balaban J connectivity index is 1.45. The van der Waals surface area contributed by atoms with Gasteiger partial charge in [0.2, 0.25) is 11.8 Å². The summed E-state index contributed by atoms with van der Waals surface area (Å²) in [7, 11) is 0. The minimum atomic E-state index is -0.784. The zero-order chi connectivity index (χ0) is 22.7. The van der Waals surface area contributed by atoms with Crippen LogP contribution in [-0.2, 0) is 9.59 Å². The van der Waals surface area contributed by atoms with E-state index >= 15 is 0 Å². The predicted octanol–water partition coefficient (Wildman–Crippen LogP) is 4.89. The van der Waals surface area contributed by atoms with Crippen LogP contribution in [0.4, 0.5) is 17.1 Å². The number of carbonyl (C=O) groups is 3. The number of rotatable bonds is 5. The molecule has 7 heteroatoms. The number of anilines is 3. The van der Waals surface area contributed by atoms with Gasteiger partial charge in [-0.1, -0.05) is 47.5 Å². The Kier molecular flexibility index (Phi) is 6.23. The molecule has 1 atom stereocenters. The molecular weight excluding hydrogens is 426 g/mol. The van der Waals surface area contributed by atoms with E-state index in [1.165, 1.54) is 6.07 Å². The normalized spacial score (nSPS) is 15.5. The smallest absolute Gasteiger partial charge is 0.257 e. The molecule has 1 aliphatic rings. The molecular formula is C25H22ClN3O3. The van der Waals surface area contributed by atoms with Crippen molar-refractivity contribution in [1.82, 2.24) is 0 Å². The van der Waals surface area contributed by atoms with Crippen molar-refractivity contribution in [3.05, 3.63) is 88.9 Å². The lowest BCUT2D eigenvalue weighted by Crippen LogP contribution is -2.33. The number of nitrogens with one attached hydrogen (secondary N) is 2. The second-order valence-electron chi connectivity index (χ2n) is 7.67. The van der Waals surface area contributed by atoms with Crippen LogP contribution < -0.4 is 15.5 Å².